The van der Waals surface area contributed by atoms with E-state index in [1.54, 1.807) is 4.68 Å². The van der Waals surface area contributed by atoms with Crippen LogP contribution in [-0.2, 0) is 6.54 Å². The molecule has 0 aliphatic carbocycles. The van der Waals surface area contributed by atoms with E-state index in [1.807, 2.05) is 77.1 Å². The molecule has 0 aliphatic rings. The molecular weight excluding hydrogens is 390 g/mol. The van der Waals surface area contributed by atoms with Crippen molar-refractivity contribution in [2.75, 3.05) is 5.32 Å². The molecule has 1 N–H and O–H groups in total. The molecule has 0 saturated heterocycles. The molecule has 0 spiro atoms. The van der Waals surface area contributed by atoms with Gasteiger partial charge in [0.1, 0.15) is 11.5 Å². The van der Waals surface area contributed by atoms with Gasteiger partial charge in [-0.05, 0) is 58.4 Å². The molecule has 4 aromatic rings. The number of hydrogen-bond donors (Lipinski definition) is 1. The molecule has 2 heterocycles. The lowest BCUT2D eigenvalue weighted by Crippen LogP contribution is -2.15. The van der Waals surface area contributed by atoms with Gasteiger partial charge >= 0.3 is 0 Å². The van der Waals surface area contributed by atoms with Gasteiger partial charge in [-0.1, -0.05) is 40.6 Å². The van der Waals surface area contributed by atoms with Crippen LogP contribution in [0.2, 0.25) is 0 Å². The van der Waals surface area contributed by atoms with E-state index in [0.29, 0.717) is 29.6 Å². The van der Waals surface area contributed by atoms with Crippen LogP contribution in [0.3, 0.4) is 0 Å². The maximum Gasteiger partial charge on any atom is 0.278 e. The van der Waals surface area contributed by atoms with Gasteiger partial charge in [0.2, 0.25) is 5.89 Å². The van der Waals surface area contributed by atoms with E-state index in [9.17, 15) is 4.79 Å². The molecule has 0 radical (unpaired) electrons. The van der Waals surface area contributed by atoms with Crippen LogP contribution >= 0.6 is 0 Å². The van der Waals surface area contributed by atoms with Gasteiger partial charge in [-0.25, -0.2) is 9.67 Å². The molecule has 4 rings (SSSR count). The van der Waals surface area contributed by atoms with Gasteiger partial charge in [-0.2, -0.15) is 0 Å². The van der Waals surface area contributed by atoms with Crippen molar-refractivity contribution in [3.8, 4) is 11.5 Å². The third kappa shape index (κ3) is 4.26. The Balaban J connectivity index is 1.53. The van der Waals surface area contributed by atoms with Crippen LogP contribution in [-0.4, -0.2) is 25.9 Å². The summed E-state index contributed by atoms with van der Waals surface area (Å²) in [5.41, 5.74) is 6.72. The summed E-state index contributed by atoms with van der Waals surface area (Å²) >= 11 is 0. The predicted molar refractivity (Wildman–Crippen MR) is 119 cm³/mol. The number of nitrogens with one attached hydrogen (secondary N) is 1. The van der Waals surface area contributed by atoms with Crippen molar-refractivity contribution < 1.29 is 9.21 Å². The van der Waals surface area contributed by atoms with E-state index in [-0.39, 0.29) is 5.91 Å². The van der Waals surface area contributed by atoms with Gasteiger partial charge in [-0.15, -0.1) is 5.10 Å². The van der Waals surface area contributed by atoms with Gasteiger partial charge in [-0.3, -0.25) is 4.79 Å². The Hall–Kier alpha value is -3.74. The zero-order valence-electron chi connectivity index (χ0n) is 18.4. The highest BCUT2D eigenvalue weighted by atomic mass is 16.4. The number of carbonyl (C=O) groups excluding carboxylic acids is 1. The van der Waals surface area contributed by atoms with E-state index < -0.39 is 0 Å². The van der Waals surface area contributed by atoms with Crippen LogP contribution in [0.1, 0.15) is 44.3 Å². The fraction of sp³-hybridized carbons (Fsp3) is 0.250. The molecule has 0 unspecified atom stereocenters. The van der Waals surface area contributed by atoms with Crippen LogP contribution in [0.25, 0.3) is 11.5 Å². The summed E-state index contributed by atoms with van der Waals surface area (Å²) in [6.45, 7) is 10.1. The Morgan fingerprint density at radius 1 is 1.00 bits per heavy atom. The standard InChI is InChI=1S/C24H25N5O2/c1-14-6-9-19(10-7-14)24-26-21(18(5)31-24)13-29-17(4)22(27-28-29)23(30)25-20-11-8-15(2)12-16(20)3/h6-12H,13H2,1-5H3,(H,25,30). The molecule has 0 bridgehead atoms. The zero-order chi connectivity index (χ0) is 22.1. The molecule has 158 valence electrons. The van der Waals surface area contributed by atoms with Crippen molar-refractivity contribution in [3.63, 3.8) is 0 Å². The highest BCUT2D eigenvalue weighted by molar-refractivity contribution is 6.03. The molecule has 0 saturated carbocycles. The van der Waals surface area contributed by atoms with Crippen LogP contribution in [0.15, 0.2) is 46.9 Å². The first kappa shape index (κ1) is 20.5. The van der Waals surface area contributed by atoms with Crippen LogP contribution in [0.4, 0.5) is 5.69 Å². The second-order valence-corrected chi connectivity index (χ2v) is 7.84. The van der Waals surface area contributed by atoms with E-state index in [4.69, 9.17) is 4.42 Å². The van der Waals surface area contributed by atoms with Crippen LogP contribution in [0, 0.1) is 34.6 Å². The third-order valence-corrected chi connectivity index (χ3v) is 5.32. The minimum absolute atomic E-state index is 0.284. The number of hydrogen-bond acceptors (Lipinski definition) is 5. The zero-order valence-corrected chi connectivity index (χ0v) is 18.4. The van der Waals surface area contributed by atoms with Gasteiger partial charge in [0.15, 0.2) is 5.69 Å². The van der Waals surface area contributed by atoms with Crippen molar-refractivity contribution in [1.82, 2.24) is 20.0 Å². The average Bonchev–Trinajstić information content (AvgIpc) is 3.28. The summed E-state index contributed by atoms with van der Waals surface area (Å²) in [4.78, 5) is 17.4. The van der Waals surface area contributed by atoms with Crippen LogP contribution < -0.4 is 5.32 Å². The number of oxazole rings is 1. The Morgan fingerprint density at radius 2 is 1.71 bits per heavy atom. The van der Waals surface area contributed by atoms with Gasteiger partial charge in [0.05, 0.1) is 12.2 Å². The minimum atomic E-state index is -0.284. The smallest absolute Gasteiger partial charge is 0.278 e. The molecule has 2 aromatic carbocycles. The van der Waals surface area contributed by atoms with Gasteiger partial charge in [0, 0.05) is 11.3 Å². The van der Waals surface area contributed by atoms with Crippen molar-refractivity contribution in [2.24, 2.45) is 0 Å². The molecule has 0 fully saturated rings. The molecular formula is C24H25N5O2. The van der Waals surface area contributed by atoms with E-state index >= 15 is 0 Å². The molecule has 0 aliphatic heterocycles. The second-order valence-electron chi connectivity index (χ2n) is 7.84. The summed E-state index contributed by atoms with van der Waals surface area (Å²) in [6, 6.07) is 13.9. The number of carbonyl (C=O) groups is 1. The van der Waals surface area contributed by atoms with Crippen molar-refractivity contribution in [3.05, 3.63) is 82.0 Å². The Morgan fingerprint density at radius 3 is 2.42 bits per heavy atom. The number of benzene rings is 2. The van der Waals surface area contributed by atoms with E-state index in [2.05, 4.69) is 20.6 Å². The van der Waals surface area contributed by atoms with Crippen molar-refractivity contribution in [1.29, 1.82) is 0 Å². The Kier molecular flexibility index (Phi) is 5.42. The van der Waals surface area contributed by atoms with Crippen molar-refractivity contribution >= 4 is 11.6 Å². The third-order valence-electron chi connectivity index (χ3n) is 5.32. The molecule has 7 nitrogen and oxygen atoms in total. The monoisotopic (exact) mass is 415 g/mol. The minimum Gasteiger partial charge on any atom is -0.441 e. The maximum absolute atomic E-state index is 12.8. The fourth-order valence-electron chi connectivity index (χ4n) is 3.39. The first-order valence-electron chi connectivity index (χ1n) is 10.1. The summed E-state index contributed by atoms with van der Waals surface area (Å²) < 4.78 is 7.52. The first-order valence-corrected chi connectivity index (χ1v) is 10.1. The van der Waals surface area contributed by atoms with Gasteiger partial charge in [0.25, 0.3) is 5.91 Å². The molecule has 1 amide bonds. The largest absolute Gasteiger partial charge is 0.441 e. The molecule has 2 aromatic heterocycles. The Bertz CT molecular complexity index is 1250. The average molecular weight is 415 g/mol. The summed E-state index contributed by atoms with van der Waals surface area (Å²) in [5.74, 6) is 0.998. The SMILES string of the molecule is Cc1ccc(-c2nc(Cn3nnc(C(=O)Nc4ccc(C)cc4C)c3C)c(C)o2)cc1. The number of amides is 1. The molecule has 7 heteroatoms. The molecule has 31 heavy (non-hydrogen) atoms. The lowest BCUT2D eigenvalue weighted by atomic mass is 10.1. The lowest BCUT2D eigenvalue weighted by Gasteiger charge is -2.08. The normalized spacial score (nSPS) is 11.0. The summed E-state index contributed by atoms with van der Waals surface area (Å²) in [5, 5.41) is 11.2. The number of anilines is 1. The number of aryl methyl sites for hydroxylation is 4. The summed E-state index contributed by atoms with van der Waals surface area (Å²) in [6.07, 6.45) is 0. The number of rotatable bonds is 5. The lowest BCUT2D eigenvalue weighted by molar-refractivity contribution is 0.102. The maximum atomic E-state index is 12.8. The second kappa shape index (κ2) is 8.18. The highest BCUT2D eigenvalue weighted by Gasteiger charge is 2.19. The van der Waals surface area contributed by atoms with Crippen molar-refractivity contribution in [2.45, 2.75) is 41.2 Å². The Labute approximate surface area is 181 Å². The molecule has 0 atom stereocenters. The van der Waals surface area contributed by atoms with Crippen LogP contribution in [0.5, 0.6) is 0 Å². The number of nitrogens with zero attached hydrogens (tertiary/aromatic N) is 4. The van der Waals surface area contributed by atoms with E-state index in [1.165, 1.54) is 5.56 Å². The predicted octanol–water partition coefficient (Wildman–Crippen LogP) is 4.78. The van der Waals surface area contributed by atoms with Gasteiger partial charge < -0.3 is 9.73 Å². The quantitative estimate of drug-likeness (QED) is 0.507. The number of aromatic nitrogens is 4. The van der Waals surface area contributed by atoms with E-state index in [0.717, 1.165) is 28.1 Å². The fourth-order valence-corrected chi connectivity index (χ4v) is 3.39. The highest BCUT2D eigenvalue weighted by Crippen LogP contribution is 2.23. The summed E-state index contributed by atoms with van der Waals surface area (Å²) in [7, 11) is 0. The topological polar surface area (TPSA) is 85.8 Å². The first-order chi connectivity index (χ1) is 14.8.